The van der Waals surface area contributed by atoms with Crippen LogP contribution in [0.5, 0.6) is 11.5 Å². The Labute approximate surface area is 187 Å². The standard InChI is InChI=1S/C22H26N2O7S/c1-3-15(4-2)23-21(25)14-31-22(26)17-7-5-6-8-18(17)24-32(27,28)16-9-10-19-20(13-16)30-12-11-29-19/h5-10,13,15,24H,3-4,11-12,14H2,1-2H3,(H,23,25). The number of rotatable bonds is 9. The number of carbonyl (C=O) groups excluding carboxylic acids is 2. The summed E-state index contributed by atoms with van der Waals surface area (Å²) in [7, 11) is -4.03. The number of sulfonamides is 1. The van der Waals surface area contributed by atoms with Gasteiger partial charge in [0.1, 0.15) is 13.2 Å². The highest BCUT2D eigenvalue weighted by molar-refractivity contribution is 7.92. The molecule has 0 saturated carbocycles. The molecule has 9 nitrogen and oxygen atoms in total. The minimum absolute atomic E-state index is 0.00583. The van der Waals surface area contributed by atoms with Gasteiger partial charge in [0.15, 0.2) is 18.1 Å². The minimum atomic E-state index is -4.03. The SMILES string of the molecule is CCC(CC)NC(=O)COC(=O)c1ccccc1NS(=O)(=O)c1ccc2c(c1)OCCO2. The van der Waals surface area contributed by atoms with Crippen molar-refractivity contribution in [1.82, 2.24) is 5.32 Å². The number of amides is 1. The molecule has 172 valence electrons. The molecule has 1 amide bonds. The zero-order valence-electron chi connectivity index (χ0n) is 17.9. The van der Waals surface area contributed by atoms with Crippen molar-refractivity contribution in [3.63, 3.8) is 0 Å². The Bertz CT molecular complexity index is 1080. The molecule has 0 aromatic heterocycles. The molecule has 0 saturated heterocycles. The molecule has 1 heterocycles. The van der Waals surface area contributed by atoms with Crippen LogP contribution in [0.3, 0.4) is 0 Å². The van der Waals surface area contributed by atoms with Gasteiger partial charge in [-0.2, -0.15) is 0 Å². The van der Waals surface area contributed by atoms with Crippen molar-refractivity contribution in [2.75, 3.05) is 24.5 Å². The third kappa shape index (κ3) is 5.70. The van der Waals surface area contributed by atoms with Gasteiger partial charge in [0, 0.05) is 12.1 Å². The quantitative estimate of drug-likeness (QED) is 0.550. The molecule has 0 bridgehead atoms. The number of carbonyl (C=O) groups is 2. The second-order valence-electron chi connectivity index (χ2n) is 7.11. The van der Waals surface area contributed by atoms with Crippen LogP contribution >= 0.6 is 0 Å². The molecule has 0 radical (unpaired) electrons. The summed E-state index contributed by atoms with van der Waals surface area (Å²) in [6, 6.07) is 10.3. The summed E-state index contributed by atoms with van der Waals surface area (Å²) in [5.74, 6) is -0.437. The molecular formula is C22H26N2O7S. The average Bonchev–Trinajstić information content (AvgIpc) is 2.80. The Morgan fingerprint density at radius 3 is 2.44 bits per heavy atom. The summed E-state index contributed by atoms with van der Waals surface area (Å²) in [5.41, 5.74) is 0.0248. The van der Waals surface area contributed by atoms with E-state index in [1.165, 1.54) is 30.3 Å². The van der Waals surface area contributed by atoms with E-state index in [1.54, 1.807) is 12.1 Å². The van der Waals surface area contributed by atoms with Crippen LogP contribution in [-0.2, 0) is 19.6 Å². The molecule has 2 N–H and O–H groups in total. The van der Waals surface area contributed by atoms with Gasteiger partial charge in [-0.05, 0) is 37.1 Å². The lowest BCUT2D eigenvalue weighted by atomic mass is 10.2. The molecular weight excluding hydrogens is 436 g/mol. The van der Waals surface area contributed by atoms with Gasteiger partial charge < -0.3 is 19.5 Å². The molecule has 0 fully saturated rings. The normalized spacial score (nSPS) is 12.8. The molecule has 2 aromatic rings. The maximum absolute atomic E-state index is 12.9. The summed E-state index contributed by atoms with van der Waals surface area (Å²) in [6.07, 6.45) is 1.53. The first-order valence-electron chi connectivity index (χ1n) is 10.3. The van der Waals surface area contributed by atoms with Crippen LogP contribution in [0.25, 0.3) is 0 Å². The van der Waals surface area contributed by atoms with Crippen molar-refractivity contribution in [2.45, 2.75) is 37.6 Å². The summed E-state index contributed by atoms with van der Waals surface area (Å²) < 4.78 is 44.1. The van der Waals surface area contributed by atoms with Crippen LogP contribution in [-0.4, -0.2) is 46.2 Å². The van der Waals surface area contributed by atoms with Crippen molar-refractivity contribution in [1.29, 1.82) is 0 Å². The molecule has 3 rings (SSSR count). The van der Waals surface area contributed by atoms with Crippen molar-refractivity contribution in [3.8, 4) is 11.5 Å². The van der Waals surface area contributed by atoms with E-state index < -0.39 is 28.5 Å². The molecule has 0 atom stereocenters. The predicted molar refractivity (Wildman–Crippen MR) is 117 cm³/mol. The summed E-state index contributed by atoms with van der Waals surface area (Å²) in [6.45, 7) is 4.15. The number of ether oxygens (including phenoxy) is 3. The lowest BCUT2D eigenvalue weighted by molar-refractivity contribution is -0.125. The molecule has 0 unspecified atom stereocenters. The van der Waals surface area contributed by atoms with Gasteiger partial charge in [0.05, 0.1) is 16.1 Å². The highest BCUT2D eigenvalue weighted by Crippen LogP contribution is 2.33. The van der Waals surface area contributed by atoms with E-state index in [-0.39, 0.29) is 22.2 Å². The molecule has 32 heavy (non-hydrogen) atoms. The van der Waals surface area contributed by atoms with Crippen LogP contribution in [0, 0.1) is 0 Å². The van der Waals surface area contributed by atoms with Crippen LogP contribution in [0.4, 0.5) is 5.69 Å². The molecule has 1 aliphatic heterocycles. The van der Waals surface area contributed by atoms with Gasteiger partial charge in [-0.25, -0.2) is 13.2 Å². The van der Waals surface area contributed by atoms with E-state index in [9.17, 15) is 18.0 Å². The van der Waals surface area contributed by atoms with Crippen molar-refractivity contribution >= 4 is 27.6 Å². The van der Waals surface area contributed by atoms with Crippen LogP contribution in [0.1, 0.15) is 37.0 Å². The largest absolute Gasteiger partial charge is 0.486 e. The molecule has 0 aliphatic carbocycles. The van der Waals surface area contributed by atoms with E-state index in [1.807, 2.05) is 13.8 Å². The fourth-order valence-corrected chi connectivity index (χ4v) is 4.21. The third-order valence-electron chi connectivity index (χ3n) is 4.90. The van der Waals surface area contributed by atoms with Gasteiger partial charge in [-0.1, -0.05) is 26.0 Å². The molecule has 0 spiro atoms. The van der Waals surface area contributed by atoms with Crippen molar-refractivity contribution < 1.29 is 32.2 Å². The second-order valence-corrected chi connectivity index (χ2v) is 8.80. The van der Waals surface area contributed by atoms with E-state index in [0.29, 0.717) is 24.7 Å². The molecule has 1 aliphatic rings. The second kappa shape index (κ2) is 10.4. The van der Waals surface area contributed by atoms with Gasteiger partial charge in [-0.15, -0.1) is 0 Å². The maximum Gasteiger partial charge on any atom is 0.340 e. The monoisotopic (exact) mass is 462 g/mol. The van der Waals surface area contributed by atoms with Gasteiger partial charge in [-0.3, -0.25) is 9.52 Å². The summed E-state index contributed by atoms with van der Waals surface area (Å²) >= 11 is 0. The highest BCUT2D eigenvalue weighted by Gasteiger charge is 2.22. The number of hydrogen-bond donors (Lipinski definition) is 2. The van der Waals surface area contributed by atoms with Gasteiger partial charge >= 0.3 is 5.97 Å². The molecule has 10 heteroatoms. The number of hydrogen-bond acceptors (Lipinski definition) is 7. The number of fused-ring (bicyclic) bond motifs is 1. The Balaban J connectivity index is 1.72. The van der Waals surface area contributed by atoms with Gasteiger partial charge in [0.2, 0.25) is 0 Å². The van der Waals surface area contributed by atoms with E-state index in [0.717, 1.165) is 12.8 Å². The van der Waals surface area contributed by atoms with E-state index in [2.05, 4.69) is 10.0 Å². The highest BCUT2D eigenvalue weighted by atomic mass is 32.2. The Hall–Kier alpha value is -3.27. The number of anilines is 1. The van der Waals surface area contributed by atoms with Crippen LogP contribution < -0.4 is 19.5 Å². The third-order valence-corrected chi connectivity index (χ3v) is 6.26. The van der Waals surface area contributed by atoms with Crippen LogP contribution in [0.15, 0.2) is 47.4 Å². The summed E-state index contributed by atoms with van der Waals surface area (Å²) in [5, 5.41) is 2.77. The van der Waals surface area contributed by atoms with E-state index in [4.69, 9.17) is 14.2 Å². The number of benzene rings is 2. The van der Waals surface area contributed by atoms with E-state index >= 15 is 0 Å². The fourth-order valence-electron chi connectivity index (χ4n) is 3.12. The van der Waals surface area contributed by atoms with Crippen LogP contribution in [0.2, 0.25) is 0 Å². The fraction of sp³-hybridized carbons (Fsp3) is 0.364. The van der Waals surface area contributed by atoms with Gasteiger partial charge in [0.25, 0.3) is 15.9 Å². The smallest absolute Gasteiger partial charge is 0.340 e. The first-order valence-corrected chi connectivity index (χ1v) is 11.8. The van der Waals surface area contributed by atoms with Crippen molar-refractivity contribution in [2.24, 2.45) is 0 Å². The Kier molecular flexibility index (Phi) is 7.57. The zero-order valence-corrected chi connectivity index (χ0v) is 18.7. The Morgan fingerprint density at radius 1 is 1.03 bits per heavy atom. The first-order chi connectivity index (χ1) is 15.3. The Morgan fingerprint density at radius 2 is 1.72 bits per heavy atom. The molecule has 2 aromatic carbocycles. The number of nitrogens with one attached hydrogen (secondary N) is 2. The van der Waals surface area contributed by atoms with Crippen molar-refractivity contribution in [3.05, 3.63) is 48.0 Å². The number of esters is 1. The topological polar surface area (TPSA) is 120 Å². The minimum Gasteiger partial charge on any atom is -0.486 e. The number of para-hydroxylation sites is 1. The zero-order chi connectivity index (χ0) is 23.1. The maximum atomic E-state index is 12.9. The first kappa shape index (κ1) is 23.4. The average molecular weight is 463 g/mol. The predicted octanol–water partition coefficient (Wildman–Crippen LogP) is 2.72. The lowest BCUT2D eigenvalue weighted by Gasteiger charge is -2.19. The summed E-state index contributed by atoms with van der Waals surface area (Å²) in [4.78, 5) is 24.5. The lowest BCUT2D eigenvalue weighted by Crippen LogP contribution is -2.36.